The number of nitrogens with one attached hydrogen (secondary N) is 1. The van der Waals surface area contributed by atoms with Crippen molar-refractivity contribution in [2.24, 2.45) is 0 Å². The second-order valence-corrected chi connectivity index (χ2v) is 13.0. The van der Waals surface area contributed by atoms with Crippen LogP contribution in [-0.2, 0) is 4.79 Å². The van der Waals surface area contributed by atoms with Gasteiger partial charge in [0.1, 0.15) is 0 Å². The largest absolute Gasteiger partial charge is 0.394 e. The molecule has 0 aromatic carbocycles. The predicted molar refractivity (Wildman–Crippen MR) is 202 cm³/mol. The van der Waals surface area contributed by atoms with E-state index in [1.165, 1.54) is 109 Å². The van der Waals surface area contributed by atoms with E-state index >= 15 is 0 Å². The molecular weight excluding hydrogens is 566 g/mol. The highest BCUT2D eigenvalue weighted by molar-refractivity contribution is 5.76. The van der Waals surface area contributed by atoms with E-state index < -0.39 is 12.1 Å². The minimum absolute atomic E-state index is 0.0893. The summed E-state index contributed by atoms with van der Waals surface area (Å²) in [6.07, 6.45) is 51.6. The lowest BCUT2D eigenvalue weighted by molar-refractivity contribution is -0.123. The molecule has 1 amide bonds. The first-order valence-electron chi connectivity index (χ1n) is 19.5. The lowest BCUT2D eigenvalue weighted by Gasteiger charge is -2.19. The maximum atomic E-state index is 12.3. The van der Waals surface area contributed by atoms with Crippen LogP contribution in [0.25, 0.3) is 0 Å². The van der Waals surface area contributed by atoms with Crippen LogP contribution in [0.4, 0.5) is 0 Å². The van der Waals surface area contributed by atoms with Gasteiger partial charge in [-0.3, -0.25) is 4.79 Å². The molecule has 4 heteroatoms. The Hall–Kier alpha value is -1.91. The summed E-state index contributed by atoms with van der Waals surface area (Å²) in [6.45, 7) is 4.25. The molecule has 0 radical (unpaired) electrons. The first kappa shape index (κ1) is 44.1. The molecule has 0 aromatic rings. The zero-order chi connectivity index (χ0) is 33.6. The quantitative estimate of drug-likeness (QED) is 0.0483. The molecule has 0 fully saturated rings. The van der Waals surface area contributed by atoms with Crippen LogP contribution in [0.3, 0.4) is 0 Å². The van der Waals surface area contributed by atoms with Crippen LogP contribution in [0.2, 0.25) is 0 Å². The fourth-order valence-corrected chi connectivity index (χ4v) is 5.41. The fraction of sp³-hybridized carbons (Fsp3) is 0.738. The summed E-state index contributed by atoms with van der Waals surface area (Å²) >= 11 is 0. The first-order valence-corrected chi connectivity index (χ1v) is 19.5. The third-order valence-corrected chi connectivity index (χ3v) is 8.45. The van der Waals surface area contributed by atoms with Gasteiger partial charge in [0.05, 0.1) is 18.8 Å². The number of allylic oxidation sites excluding steroid dienone is 9. The third-order valence-electron chi connectivity index (χ3n) is 8.45. The van der Waals surface area contributed by atoms with Crippen LogP contribution < -0.4 is 5.32 Å². The van der Waals surface area contributed by atoms with Crippen LogP contribution in [0, 0.1) is 0 Å². The molecule has 3 N–H and O–H groups in total. The molecule has 0 aliphatic rings. The zero-order valence-electron chi connectivity index (χ0n) is 30.3. The Morgan fingerprint density at radius 3 is 1.41 bits per heavy atom. The molecule has 0 saturated heterocycles. The number of hydrogen-bond donors (Lipinski definition) is 3. The normalized spacial score (nSPS) is 13.7. The minimum Gasteiger partial charge on any atom is -0.394 e. The monoisotopic (exact) mass is 642 g/mol. The lowest BCUT2D eigenvalue weighted by Crippen LogP contribution is -2.45. The Morgan fingerprint density at radius 1 is 0.522 bits per heavy atom. The number of hydrogen-bond acceptors (Lipinski definition) is 3. The molecular formula is C42H75NO3. The highest BCUT2D eigenvalue weighted by Gasteiger charge is 2.17. The van der Waals surface area contributed by atoms with E-state index in [0.717, 1.165) is 51.4 Å². The van der Waals surface area contributed by atoms with Crippen LogP contribution >= 0.6 is 0 Å². The van der Waals surface area contributed by atoms with Gasteiger partial charge in [-0.25, -0.2) is 0 Å². The summed E-state index contributed by atoms with van der Waals surface area (Å²) in [4.78, 5) is 12.3. The third kappa shape index (κ3) is 33.5. The number of unbranched alkanes of at least 4 members (excludes halogenated alkanes) is 19. The van der Waals surface area contributed by atoms with Gasteiger partial charge in [0, 0.05) is 6.42 Å². The highest BCUT2D eigenvalue weighted by atomic mass is 16.3. The summed E-state index contributed by atoms with van der Waals surface area (Å²) in [6, 6.07) is -0.650. The van der Waals surface area contributed by atoms with Crippen molar-refractivity contribution >= 4 is 5.91 Å². The van der Waals surface area contributed by atoms with Crippen LogP contribution in [0.15, 0.2) is 60.8 Å². The van der Waals surface area contributed by atoms with E-state index in [9.17, 15) is 15.0 Å². The van der Waals surface area contributed by atoms with Crippen molar-refractivity contribution in [3.8, 4) is 0 Å². The van der Waals surface area contributed by atoms with E-state index in [-0.39, 0.29) is 12.5 Å². The van der Waals surface area contributed by atoms with Crippen molar-refractivity contribution in [3.63, 3.8) is 0 Å². The average molecular weight is 642 g/mol. The van der Waals surface area contributed by atoms with Gasteiger partial charge in [-0.1, -0.05) is 158 Å². The number of carbonyl (C=O) groups excluding carboxylic acids is 1. The Balaban J connectivity index is 3.72. The van der Waals surface area contributed by atoms with Crippen molar-refractivity contribution in [2.45, 2.75) is 193 Å². The van der Waals surface area contributed by atoms with Crippen molar-refractivity contribution in [2.75, 3.05) is 6.61 Å². The Kier molecular flexibility index (Phi) is 36.0. The van der Waals surface area contributed by atoms with E-state index in [1.807, 2.05) is 6.08 Å². The zero-order valence-corrected chi connectivity index (χ0v) is 30.3. The summed E-state index contributed by atoms with van der Waals surface area (Å²) in [5, 5.41) is 22.9. The van der Waals surface area contributed by atoms with Crippen LogP contribution in [0.1, 0.15) is 181 Å². The molecule has 266 valence electrons. The molecule has 0 aromatic heterocycles. The van der Waals surface area contributed by atoms with Gasteiger partial charge in [0.2, 0.25) is 5.91 Å². The number of rotatable bonds is 34. The van der Waals surface area contributed by atoms with Gasteiger partial charge in [0.15, 0.2) is 0 Å². The summed E-state index contributed by atoms with van der Waals surface area (Å²) < 4.78 is 0. The van der Waals surface area contributed by atoms with Crippen LogP contribution in [-0.4, -0.2) is 34.9 Å². The number of carbonyl (C=O) groups is 1. The molecule has 0 saturated carbocycles. The molecule has 0 spiro atoms. The lowest BCUT2D eigenvalue weighted by atomic mass is 10.1. The van der Waals surface area contributed by atoms with E-state index in [4.69, 9.17) is 0 Å². The fourth-order valence-electron chi connectivity index (χ4n) is 5.41. The standard InChI is InChI=1S/C42H75NO3/c1-3-5-7-9-11-13-15-17-19-21-22-24-26-28-30-32-34-36-38-42(46)43-40(39-44)41(45)37-35-33-31-29-27-25-23-20-18-16-14-12-10-8-6-4-2/h13,15,18-21,27,29,35,37,40-41,44-45H,3-12,14,16-17,22-26,28,30-34,36,38-39H2,1-2H3,(H,43,46)/b15-13-,20-18+,21-19-,29-27+,37-35+. The number of amides is 1. The Bertz CT molecular complexity index is 782. The van der Waals surface area contributed by atoms with Gasteiger partial charge in [0.25, 0.3) is 0 Å². The summed E-state index contributed by atoms with van der Waals surface area (Å²) in [7, 11) is 0. The van der Waals surface area contributed by atoms with Crippen molar-refractivity contribution < 1.29 is 15.0 Å². The molecule has 0 rings (SSSR count). The Labute approximate surface area is 286 Å². The molecule has 2 atom stereocenters. The molecule has 0 heterocycles. The molecule has 0 bridgehead atoms. The summed E-state index contributed by atoms with van der Waals surface area (Å²) in [5.74, 6) is -0.0893. The summed E-state index contributed by atoms with van der Waals surface area (Å²) in [5.41, 5.74) is 0. The van der Waals surface area contributed by atoms with Gasteiger partial charge in [-0.2, -0.15) is 0 Å². The average Bonchev–Trinajstić information content (AvgIpc) is 3.06. The van der Waals surface area contributed by atoms with Gasteiger partial charge in [-0.15, -0.1) is 0 Å². The van der Waals surface area contributed by atoms with Crippen molar-refractivity contribution in [1.82, 2.24) is 5.32 Å². The van der Waals surface area contributed by atoms with E-state index in [1.54, 1.807) is 6.08 Å². The molecule has 2 unspecified atom stereocenters. The molecule has 0 aliphatic heterocycles. The van der Waals surface area contributed by atoms with E-state index in [2.05, 4.69) is 67.8 Å². The van der Waals surface area contributed by atoms with Crippen LogP contribution in [0.5, 0.6) is 0 Å². The maximum Gasteiger partial charge on any atom is 0.220 e. The molecule has 4 nitrogen and oxygen atoms in total. The second kappa shape index (κ2) is 37.5. The molecule has 0 aliphatic carbocycles. The highest BCUT2D eigenvalue weighted by Crippen LogP contribution is 2.11. The van der Waals surface area contributed by atoms with Gasteiger partial charge >= 0.3 is 0 Å². The van der Waals surface area contributed by atoms with Crippen molar-refractivity contribution in [1.29, 1.82) is 0 Å². The first-order chi connectivity index (χ1) is 22.7. The van der Waals surface area contributed by atoms with Gasteiger partial charge < -0.3 is 15.5 Å². The topological polar surface area (TPSA) is 69.6 Å². The SMILES string of the molecule is CCCCCC/C=C\C/C=C\CCCCCCCCCC(=O)NC(CO)C(O)/C=C/CC/C=C/CC/C=C/CCCCCCCC. The number of aliphatic hydroxyl groups is 2. The smallest absolute Gasteiger partial charge is 0.220 e. The minimum atomic E-state index is -0.874. The van der Waals surface area contributed by atoms with Crippen molar-refractivity contribution in [3.05, 3.63) is 60.8 Å². The molecule has 46 heavy (non-hydrogen) atoms. The Morgan fingerprint density at radius 2 is 0.913 bits per heavy atom. The van der Waals surface area contributed by atoms with Gasteiger partial charge in [-0.05, 0) is 77.0 Å². The predicted octanol–water partition coefficient (Wildman–Crippen LogP) is 11.8. The van der Waals surface area contributed by atoms with E-state index in [0.29, 0.717) is 6.42 Å². The maximum absolute atomic E-state index is 12.3. The second-order valence-electron chi connectivity index (χ2n) is 13.0. The number of aliphatic hydroxyl groups excluding tert-OH is 2.